The zero-order chi connectivity index (χ0) is 95.3. The number of furan rings is 1. The smallest absolute Gasteiger partial charge is 0.180 e. The third-order valence-corrected chi connectivity index (χ3v) is 29.0. The summed E-state index contributed by atoms with van der Waals surface area (Å²) in [5.41, 5.74) is 40.5. The molecule has 9 nitrogen and oxygen atoms in total. The van der Waals surface area contributed by atoms with Gasteiger partial charge in [0.15, 0.2) is 5.58 Å². The van der Waals surface area contributed by atoms with Crippen LogP contribution >= 0.6 is 8.89 Å². The molecule has 12 heteroatoms. The molecule has 20 aromatic carbocycles. The van der Waals surface area contributed by atoms with Gasteiger partial charge in [-0.25, -0.2) is 14.2 Å². The van der Waals surface area contributed by atoms with Crippen molar-refractivity contribution in [1.29, 1.82) is 0 Å². The fourth-order valence-corrected chi connectivity index (χ4v) is 22.5. The molecule has 0 bridgehead atoms. The number of benzene rings is 20. The molecule has 2 aliphatic carbocycles. The number of rotatable bonds is 13. The normalized spacial score (nSPS) is 12.6. The van der Waals surface area contributed by atoms with Crippen molar-refractivity contribution >= 4 is 179 Å². The molecule has 6 aromatic heterocycles. The van der Waals surface area contributed by atoms with E-state index in [1.807, 2.05) is 24.3 Å². The topological polar surface area (TPSA) is 65.1 Å². The molecule has 6 heterocycles. The molecule has 1 atom stereocenters. The van der Waals surface area contributed by atoms with Gasteiger partial charge in [0.25, 0.3) is 0 Å². The molecule has 1 radical (unpaired) electrons. The van der Waals surface area contributed by atoms with Gasteiger partial charge in [0, 0.05) is 122 Å². The van der Waals surface area contributed by atoms with E-state index >= 15 is 0 Å². The number of fused-ring (bicyclic) bond motifs is 21. The van der Waals surface area contributed by atoms with Crippen molar-refractivity contribution < 1.29 is 8.61 Å². The van der Waals surface area contributed by atoms with Crippen molar-refractivity contribution in [1.82, 2.24) is 28.2 Å². The van der Waals surface area contributed by atoms with E-state index in [-0.39, 0.29) is 37.0 Å². The summed E-state index contributed by atoms with van der Waals surface area (Å²) in [6.45, 7) is 10.9. The summed E-state index contributed by atoms with van der Waals surface area (Å²) in [6.07, 6.45) is 1.62. The number of hydrogen-bond donors (Lipinski definition) is 0. The maximum absolute atomic E-state index is 10.3. The van der Waals surface area contributed by atoms with Crippen LogP contribution in [0.4, 0.5) is 38.3 Å². The van der Waals surface area contributed by atoms with Gasteiger partial charge in [-0.2, -0.15) is 0 Å². The largest absolute Gasteiger partial charge is 0.452 e. The minimum atomic E-state index is -0.417. The van der Waals surface area contributed by atoms with Crippen molar-refractivity contribution in [3.05, 3.63) is 508 Å². The monoisotopic (exact) mass is 2060 g/mol. The molecule has 0 saturated carbocycles. The van der Waals surface area contributed by atoms with Crippen LogP contribution in [0.5, 0.6) is 0 Å². The molecule has 1 unspecified atom stereocenters. The summed E-state index contributed by atoms with van der Waals surface area (Å²) >= 11 is 0. The molecule has 2 aliphatic rings. The summed E-state index contributed by atoms with van der Waals surface area (Å²) in [5, 5.41) is 10.9. The Bertz CT molecular complexity index is 9180. The predicted molar refractivity (Wildman–Crippen MR) is 604 cm³/mol. The Labute approximate surface area is 850 Å². The van der Waals surface area contributed by atoms with Crippen LogP contribution in [-0.4, -0.2) is 61.1 Å². The van der Waals surface area contributed by atoms with Crippen LogP contribution in [-0.2, 0) is 10.8 Å². The van der Waals surface area contributed by atoms with Crippen LogP contribution in [0.2, 0.25) is 0 Å². The fraction of sp³-hybridized carbons (Fsp3) is 0.0534. The van der Waals surface area contributed by atoms with Gasteiger partial charge in [-0.1, -0.05) is 319 Å². The number of para-hydroxylation sites is 9. The second kappa shape index (κ2) is 36.8. The van der Waals surface area contributed by atoms with E-state index in [0.717, 1.165) is 90.1 Å². The van der Waals surface area contributed by atoms with Gasteiger partial charge in [-0.15, -0.1) is 0 Å². The van der Waals surface area contributed by atoms with Gasteiger partial charge in [0.1, 0.15) is 23.1 Å². The van der Waals surface area contributed by atoms with Crippen LogP contribution in [0.25, 0.3) is 188 Å². The first-order chi connectivity index (χ1) is 69.9. The van der Waals surface area contributed by atoms with Gasteiger partial charge in [-0.3, -0.25) is 0 Å². The molecule has 0 saturated heterocycles. The molecule has 0 spiro atoms. The summed E-state index contributed by atoms with van der Waals surface area (Å²) in [6, 6.07) is 173. The Balaban J connectivity index is 0.000000115. The average Bonchev–Trinajstić information content (AvgIpc) is 1.57. The van der Waals surface area contributed by atoms with Gasteiger partial charge in [0.05, 0.1) is 53.0 Å². The quantitative estimate of drug-likeness (QED) is 0.0850. The zero-order valence-corrected chi connectivity index (χ0v) is 85.1. The van der Waals surface area contributed by atoms with E-state index < -0.39 is 8.89 Å². The Morgan fingerprint density at radius 3 is 0.993 bits per heavy atom. The zero-order valence-electron chi connectivity index (χ0n) is 79.6. The van der Waals surface area contributed by atoms with Crippen molar-refractivity contribution in [2.24, 2.45) is 0 Å². The SMILES string of the molecule is CC1(C)c2ccccc2-c2ccc(N(c3ccc(-c4ccccc4)cc3)c3ccc4c(c3)c3ccccc3n4-c3ccccc3)cc21.CC1(C)c2ccccc2-c2ccc(N(c3ccc4c(c3)c3ccccc3n4-c3ccccc3)c3ccc4c(c3)c3ccccc3n4-c3ccccc3)cc21.CPF.[BiH2].c1cc(-c2cccc(-n3c4ccccc4c4ccccc43)c2)cc(-c2ncnc3c2oc2ccccc23)c1. The molecule has 0 N–H and O–H groups in total. The standard InChI is InChI=1S/C51H37N3.C45H34N2.C34H21N3O.CH4FP.Bi.2H/c1-51(2)45-22-12-9-19-39(45)40-28-25-38(33-46(40)51)52(36-26-29-49-43(31-36)41-20-10-13-23-47(41)53(49)34-15-5-3-6-16-34)37-27-30-50-44(32-37)42-21-11-14-24-48(42)54(50)35-17-7-4-8-18-35;1-45(2)41-19-11-9-17-37(41)38-27-25-36(30-42(38)45)46(34-23-21-32(22-24-34)31-13-5-3-6-14-31)35-26-28-44-40(29-35)39-18-10-12-20-43(39)47(44)33-15-7-4-8-16-33;1-4-16-29-26(13-1)27-14-2-5-17-30(27)37(29)25-12-8-10-23(20-25)22-9-7-11-24(19-22)32-34-33(36-21-35-32)28-15-3-6-18-31(28)38-34;1-3-2;;;/h3-33H,1-2H3;3-30H,1-2H3;1-21H;3H,1H3;;;. The molecule has 0 fully saturated rings. The number of hydrogen-bond acceptors (Lipinski definition) is 5. The first-order valence-electron chi connectivity index (χ1n) is 48.5. The third kappa shape index (κ3) is 15.4. The van der Waals surface area contributed by atoms with Crippen LogP contribution in [0.1, 0.15) is 49.9 Å². The first-order valence-corrected chi connectivity index (χ1v) is 49.9. The molecule has 0 amide bonds. The Morgan fingerprint density at radius 1 is 0.245 bits per heavy atom. The van der Waals surface area contributed by atoms with E-state index in [2.05, 4.69) is 521 Å². The minimum absolute atomic E-state index is 0. The van der Waals surface area contributed by atoms with Crippen molar-refractivity contribution in [2.45, 2.75) is 38.5 Å². The minimum Gasteiger partial charge on any atom is -0.452 e. The molecule has 143 heavy (non-hydrogen) atoms. The Kier molecular flexibility index (Phi) is 22.9. The molecular formula is C131H98BiFN8OP. The number of aromatic nitrogens is 6. The van der Waals surface area contributed by atoms with Gasteiger partial charge in [-0.05, 0) is 261 Å². The molecule has 685 valence electrons. The van der Waals surface area contributed by atoms with Crippen LogP contribution in [0.3, 0.4) is 0 Å². The first kappa shape index (κ1) is 89.0. The third-order valence-electron chi connectivity index (χ3n) is 29.0. The maximum Gasteiger partial charge on any atom is 0.180 e. The van der Waals surface area contributed by atoms with Crippen molar-refractivity contribution in [3.63, 3.8) is 0 Å². The second-order valence-electron chi connectivity index (χ2n) is 37.7. The summed E-state index contributed by atoms with van der Waals surface area (Å²) < 4.78 is 26.0. The summed E-state index contributed by atoms with van der Waals surface area (Å²) in [7, 11) is -0.417. The van der Waals surface area contributed by atoms with Gasteiger partial charge < -0.3 is 32.5 Å². The average molecular weight is 2060 g/mol. The van der Waals surface area contributed by atoms with E-state index in [4.69, 9.17) is 4.42 Å². The van der Waals surface area contributed by atoms with Crippen molar-refractivity contribution in [3.8, 4) is 78.5 Å². The van der Waals surface area contributed by atoms with Crippen molar-refractivity contribution in [2.75, 3.05) is 16.5 Å². The van der Waals surface area contributed by atoms with E-state index in [1.165, 1.54) is 155 Å². The second-order valence-corrected chi connectivity index (χ2v) is 38.1. The van der Waals surface area contributed by atoms with Crippen LogP contribution < -0.4 is 9.80 Å². The number of nitrogens with zero attached hydrogens (tertiary/aromatic N) is 8. The Morgan fingerprint density at radius 2 is 0.545 bits per heavy atom. The van der Waals surface area contributed by atoms with Gasteiger partial charge in [0.2, 0.25) is 0 Å². The molecule has 26 aromatic rings. The Hall–Kier alpha value is -16.7. The number of halogens is 1. The fourth-order valence-electron chi connectivity index (χ4n) is 22.5. The van der Waals surface area contributed by atoms with Crippen LogP contribution in [0.15, 0.2) is 490 Å². The van der Waals surface area contributed by atoms with E-state index in [9.17, 15) is 4.20 Å². The summed E-state index contributed by atoms with van der Waals surface area (Å²) in [5.74, 6) is 0. The van der Waals surface area contributed by atoms with Crippen LogP contribution in [0, 0.1) is 0 Å². The number of anilines is 6. The molecule has 28 rings (SSSR count). The molecule has 0 aliphatic heterocycles. The van der Waals surface area contributed by atoms with E-state index in [0.29, 0.717) is 5.58 Å². The predicted octanol–water partition coefficient (Wildman–Crippen LogP) is 35.0. The molecular weight excluding hydrogens is 1960 g/mol. The van der Waals surface area contributed by atoms with Gasteiger partial charge >= 0.3 is 26.2 Å². The maximum atomic E-state index is 10.3. The summed E-state index contributed by atoms with van der Waals surface area (Å²) in [4.78, 5) is 14.0. The van der Waals surface area contributed by atoms with E-state index in [1.54, 1.807) is 6.33 Å².